The number of hydrogen-bond donors (Lipinski definition) is 0. The molecule has 0 aliphatic heterocycles. The van der Waals surface area contributed by atoms with E-state index in [0.717, 1.165) is 16.9 Å². The van der Waals surface area contributed by atoms with Crippen LogP contribution in [0.5, 0.6) is 0 Å². The summed E-state index contributed by atoms with van der Waals surface area (Å²) in [6.45, 7) is 0. The molecule has 0 bridgehead atoms. The predicted molar refractivity (Wildman–Crippen MR) is 58.4 cm³/mol. The summed E-state index contributed by atoms with van der Waals surface area (Å²) in [5.41, 5.74) is 3.03. The highest BCUT2D eigenvalue weighted by molar-refractivity contribution is 5.61. The van der Waals surface area contributed by atoms with Gasteiger partial charge in [-0.3, -0.25) is 4.98 Å². The Morgan fingerprint density at radius 2 is 1.87 bits per heavy atom. The van der Waals surface area contributed by atoms with Crippen molar-refractivity contribution in [3.05, 3.63) is 55.1 Å². The highest BCUT2D eigenvalue weighted by Gasteiger charge is 2.02. The minimum absolute atomic E-state index is 0.962. The Morgan fingerprint density at radius 1 is 1.00 bits per heavy atom. The molecule has 3 rings (SSSR count). The van der Waals surface area contributed by atoms with Crippen LogP contribution in [0.1, 0.15) is 0 Å². The van der Waals surface area contributed by atoms with Crippen molar-refractivity contribution < 1.29 is 0 Å². The Balaban J connectivity index is 2.21. The van der Waals surface area contributed by atoms with Crippen LogP contribution in [-0.4, -0.2) is 14.4 Å². The monoisotopic (exact) mass is 195 g/mol. The molecule has 0 spiro atoms. The number of nitrogens with zero attached hydrogens (tertiary/aromatic N) is 3. The molecule has 3 heteroatoms. The average Bonchev–Trinajstić information content (AvgIpc) is 2.74. The third-order valence-electron chi connectivity index (χ3n) is 2.34. The fourth-order valence-corrected chi connectivity index (χ4v) is 1.60. The van der Waals surface area contributed by atoms with Crippen molar-refractivity contribution in [3.8, 4) is 11.3 Å². The summed E-state index contributed by atoms with van der Waals surface area (Å²) in [4.78, 5) is 8.51. The maximum Gasteiger partial charge on any atom is 0.137 e. The Labute approximate surface area is 87.0 Å². The van der Waals surface area contributed by atoms with Gasteiger partial charge in [0.25, 0.3) is 0 Å². The van der Waals surface area contributed by atoms with Gasteiger partial charge >= 0.3 is 0 Å². The highest BCUT2D eigenvalue weighted by Crippen LogP contribution is 2.17. The first-order valence-corrected chi connectivity index (χ1v) is 4.77. The Bertz CT molecular complexity index is 551. The summed E-state index contributed by atoms with van der Waals surface area (Å²) < 4.78 is 2.01. The molecule has 0 amide bonds. The summed E-state index contributed by atoms with van der Waals surface area (Å²) in [7, 11) is 0. The van der Waals surface area contributed by atoms with E-state index in [9.17, 15) is 0 Å². The van der Waals surface area contributed by atoms with Crippen molar-refractivity contribution in [2.45, 2.75) is 0 Å². The van der Waals surface area contributed by atoms with Crippen LogP contribution in [-0.2, 0) is 0 Å². The Kier molecular flexibility index (Phi) is 1.75. The van der Waals surface area contributed by atoms with Gasteiger partial charge in [-0.05, 0) is 24.3 Å². The summed E-state index contributed by atoms with van der Waals surface area (Å²) in [5, 5.41) is 0. The van der Waals surface area contributed by atoms with Gasteiger partial charge in [-0.15, -0.1) is 0 Å². The molecular formula is C12H9N3. The normalized spacial score (nSPS) is 10.7. The molecule has 0 aliphatic rings. The predicted octanol–water partition coefficient (Wildman–Crippen LogP) is 2.40. The van der Waals surface area contributed by atoms with Crippen molar-refractivity contribution in [3.63, 3.8) is 0 Å². The number of fused-ring (bicyclic) bond motifs is 1. The van der Waals surface area contributed by atoms with E-state index in [2.05, 4.69) is 9.97 Å². The van der Waals surface area contributed by atoms with E-state index < -0.39 is 0 Å². The lowest BCUT2D eigenvalue weighted by atomic mass is 10.2. The van der Waals surface area contributed by atoms with E-state index in [0.29, 0.717) is 0 Å². The van der Waals surface area contributed by atoms with Gasteiger partial charge in [0, 0.05) is 30.4 Å². The number of aromatic nitrogens is 3. The summed E-state index contributed by atoms with van der Waals surface area (Å²) >= 11 is 0. The van der Waals surface area contributed by atoms with Crippen molar-refractivity contribution in [2.24, 2.45) is 0 Å². The lowest BCUT2D eigenvalue weighted by molar-refractivity contribution is 1.19. The van der Waals surface area contributed by atoms with Crippen LogP contribution in [0.4, 0.5) is 0 Å². The van der Waals surface area contributed by atoms with Gasteiger partial charge in [-0.1, -0.05) is 6.07 Å². The zero-order valence-electron chi connectivity index (χ0n) is 8.04. The lowest BCUT2D eigenvalue weighted by Gasteiger charge is -1.91. The van der Waals surface area contributed by atoms with Gasteiger partial charge in [0.2, 0.25) is 0 Å². The molecule has 0 N–H and O–H groups in total. The second kappa shape index (κ2) is 3.20. The van der Waals surface area contributed by atoms with Gasteiger partial charge in [0.1, 0.15) is 5.65 Å². The molecule has 3 heterocycles. The van der Waals surface area contributed by atoms with E-state index in [1.54, 1.807) is 12.4 Å². The largest absolute Gasteiger partial charge is 0.306 e. The first kappa shape index (κ1) is 8.17. The summed E-state index contributed by atoms with van der Waals surface area (Å²) in [6, 6.07) is 9.89. The van der Waals surface area contributed by atoms with Gasteiger partial charge in [0.15, 0.2) is 0 Å². The van der Waals surface area contributed by atoms with Gasteiger partial charge in [0.05, 0.1) is 5.69 Å². The average molecular weight is 195 g/mol. The maximum absolute atomic E-state index is 4.52. The quantitative estimate of drug-likeness (QED) is 0.596. The first-order valence-electron chi connectivity index (χ1n) is 4.77. The third-order valence-corrected chi connectivity index (χ3v) is 2.34. The molecule has 0 saturated carbocycles. The van der Waals surface area contributed by atoms with Crippen molar-refractivity contribution in [1.82, 2.24) is 14.4 Å². The maximum atomic E-state index is 4.52. The zero-order chi connectivity index (χ0) is 10.1. The molecule has 3 nitrogen and oxygen atoms in total. The molecule has 3 aromatic heterocycles. The van der Waals surface area contributed by atoms with Crippen LogP contribution in [0.2, 0.25) is 0 Å². The van der Waals surface area contributed by atoms with Crippen molar-refractivity contribution in [2.75, 3.05) is 0 Å². The molecule has 15 heavy (non-hydrogen) atoms. The summed E-state index contributed by atoms with van der Waals surface area (Å²) in [5.74, 6) is 0. The molecule has 72 valence electrons. The molecule has 0 aromatic carbocycles. The van der Waals surface area contributed by atoms with Crippen LogP contribution in [0.15, 0.2) is 55.1 Å². The molecule has 3 aromatic rings. The minimum atomic E-state index is 0.962. The molecular weight excluding hydrogens is 186 g/mol. The Hall–Kier alpha value is -2.16. The number of hydrogen-bond acceptors (Lipinski definition) is 2. The van der Waals surface area contributed by atoms with Crippen molar-refractivity contribution >= 4 is 5.65 Å². The fourth-order valence-electron chi connectivity index (χ4n) is 1.60. The van der Waals surface area contributed by atoms with E-state index in [1.807, 2.05) is 47.1 Å². The van der Waals surface area contributed by atoms with Crippen LogP contribution >= 0.6 is 0 Å². The zero-order valence-corrected chi connectivity index (χ0v) is 8.04. The molecule has 0 saturated heterocycles. The molecule has 0 unspecified atom stereocenters. The number of rotatable bonds is 1. The second-order valence-corrected chi connectivity index (χ2v) is 3.33. The highest BCUT2D eigenvalue weighted by atomic mass is 15.0. The fraction of sp³-hybridized carbons (Fsp3) is 0. The van der Waals surface area contributed by atoms with Gasteiger partial charge in [-0.2, -0.15) is 0 Å². The van der Waals surface area contributed by atoms with Crippen molar-refractivity contribution in [1.29, 1.82) is 0 Å². The third kappa shape index (κ3) is 1.38. The lowest BCUT2D eigenvalue weighted by Crippen LogP contribution is -1.77. The number of pyridine rings is 2. The summed E-state index contributed by atoms with van der Waals surface area (Å²) in [6.07, 6.45) is 7.57. The van der Waals surface area contributed by atoms with E-state index in [-0.39, 0.29) is 0 Å². The molecule has 0 atom stereocenters. The smallest absolute Gasteiger partial charge is 0.137 e. The first-order chi connectivity index (χ1) is 7.43. The SMILES string of the molecule is c1ccn2cc(-c3ccncc3)nc2c1. The van der Waals surface area contributed by atoms with E-state index in [1.165, 1.54) is 0 Å². The van der Waals surface area contributed by atoms with E-state index in [4.69, 9.17) is 0 Å². The second-order valence-electron chi connectivity index (χ2n) is 3.33. The van der Waals surface area contributed by atoms with Gasteiger partial charge < -0.3 is 4.40 Å². The molecule has 0 fully saturated rings. The Morgan fingerprint density at radius 3 is 2.67 bits per heavy atom. The van der Waals surface area contributed by atoms with E-state index >= 15 is 0 Å². The molecule has 0 radical (unpaired) electrons. The number of imidazole rings is 1. The van der Waals surface area contributed by atoms with Gasteiger partial charge in [-0.25, -0.2) is 4.98 Å². The molecule has 0 aliphatic carbocycles. The topological polar surface area (TPSA) is 30.2 Å². The van der Waals surface area contributed by atoms with Crippen LogP contribution in [0.25, 0.3) is 16.9 Å². The minimum Gasteiger partial charge on any atom is -0.306 e. The van der Waals surface area contributed by atoms with Crippen LogP contribution in [0.3, 0.4) is 0 Å². The van der Waals surface area contributed by atoms with Crippen LogP contribution in [0, 0.1) is 0 Å². The van der Waals surface area contributed by atoms with Crippen LogP contribution < -0.4 is 0 Å². The standard InChI is InChI=1S/C12H9N3/c1-2-8-15-9-11(14-12(15)3-1)10-4-6-13-7-5-10/h1-9H.